The summed E-state index contributed by atoms with van der Waals surface area (Å²) in [7, 11) is -3.60. The van der Waals surface area contributed by atoms with E-state index in [1.165, 1.54) is 16.9 Å². The molecule has 1 aliphatic carbocycles. The number of rotatable bonds is 6. The topological polar surface area (TPSA) is 126 Å². The predicted molar refractivity (Wildman–Crippen MR) is 128 cm³/mol. The Balaban J connectivity index is 1.65. The average Bonchev–Trinajstić information content (AvgIpc) is 3.47. The molecule has 11 heteroatoms. The minimum atomic E-state index is -3.60. The molecular formula is C21H26N6O3S2. The zero-order chi connectivity index (χ0) is 23.1. The van der Waals surface area contributed by atoms with Crippen LogP contribution in [-0.4, -0.2) is 40.7 Å². The van der Waals surface area contributed by atoms with Gasteiger partial charge >= 0.3 is 6.03 Å². The molecule has 0 spiro atoms. The average molecular weight is 475 g/mol. The highest BCUT2D eigenvalue weighted by Gasteiger charge is 2.30. The van der Waals surface area contributed by atoms with E-state index in [1.54, 1.807) is 33.2 Å². The summed E-state index contributed by atoms with van der Waals surface area (Å²) < 4.78 is 27.2. The second kappa shape index (κ2) is 8.28. The summed E-state index contributed by atoms with van der Waals surface area (Å²) in [6.07, 6.45) is 5.45. The molecular weight excluding hydrogens is 448 g/mol. The summed E-state index contributed by atoms with van der Waals surface area (Å²) in [5, 5.41) is 6.04. The highest BCUT2D eigenvalue weighted by Crippen LogP contribution is 2.46. The number of anilines is 2. The quantitative estimate of drug-likeness (QED) is 0.489. The van der Waals surface area contributed by atoms with Crippen LogP contribution in [0.3, 0.4) is 0 Å². The van der Waals surface area contributed by atoms with Crippen molar-refractivity contribution in [3.63, 3.8) is 0 Å². The first-order chi connectivity index (χ1) is 15.1. The fourth-order valence-electron chi connectivity index (χ4n) is 3.08. The standard InChI is InChI=1S/C21H26N6O3S2/c1-5-22-19(28)26-20-25-16-9-13(8-15(12-6-7-12)17(16)31-20)14-10-23-18(24-11-14)27-32(29,30)21(2,3)4/h8-12H,5-7H2,1-4H3,(H,23,24,27)(H2,22,25,26,28). The van der Waals surface area contributed by atoms with Crippen molar-refractivity contribution in [2.75, 3.05) is 16.6 Å². The van der Waals surface area contributed by atoms with E-state index in [-0.39, 0.29) is 12.0 Å². The maximum atomic E-state index is 12.3. The SMILES string of the molecule is CCNC(=O)Nc1nc2cc(-c3cnc(NS(=O)(=O)C(C)(C)C)nc3)cc(C3CC3)c2s1. The molecule has 1 aromatic carbocycles. The molecule has 2 aromatic heterocycles. The fourth-order valence-corrected chi connectivity index (χ4v) is 4.77. The van der Waals surface area contributed by atoms with Gasteiger partial charge in [0.25, 0.3) is 0 Å². The predicted octanol–water partition coefficient (Wildman–Crippen LogP) is 4.31. The van der Waals surface area contributed by atoms with Crippen molar-refractivity contribution >= 4 is 48.7 Å². The Hall–Kier alpha value is -2.79. The van der Waals surface area contributed by atoms with Crippen molar-refractivity contribution < 1.29 is 13.2 Å². The van der Waals surface area contributed by atoms with Crippen LogP contribution < -0.4 is 15.4 Å². The molecule has 1 saturated carbocycles. The van der Waals surface area contributed by atoms with E-state index in [4.69, 9.17) is 0 Å². The molecule has 1 aliphatic rings. The third-order valence-corrected chi connectivity index (χ3v) is 8.21. The van der Waals surface area contributed by atoms with Gasteiger partial charge in [0, 0.05) is 24.5 Å². The number of aromatic nitrogens is 3. The van der Waals surface area contributed by atoms with Crippen LogP contribution in [0, 0.1) is 0 Å². The van der Waals surface area contributed by atoms with Crippen LogP contribution in [0.2, 0.25) is 0 Å². The van der Waals surface area contributed by atoms with Crippen LogP contribution >= 0.6 is 11.3 Å². The number of nitrogens with zero attached hydrogens (tertiary/aromatic N) is 3. The molecule has 3 N–H and O–H groups in total. The zero-order valence-corrected chi connectivity index (χ0v) is 20.0. The third-order valence-electron chi connectivity index (χ3n) is 5.11. The molecule has 2 heterocycles. The molecule has 2 amide bonds. The molecule has 0 radical (unpaired) electrons. The van der Waals surface area contributed by atoms with Crippen LogP contribution in [0.1, 0.15) is 52.0 Å². The normalized spacial score (nSPS) is 14.4. The molecule has 0 unspecified atom stereocenters. The van der Waals surface area contributed by atoms with E-state index in [0.717, 1.165) is 34.2 Å². The monoisotopic (exact) mass is 474 g/mol. The number of thiazole rings is 1. The number of urea groups is 1. The van der Waals surface area contributed by atoms with Crippen LogP contribution in [0.4, 0.5) is 15.9 Å². The van der Waals surface area contributed by atoms with Gasteiger partial charge in [0.2, 0.25) is 16.0 Å². The summed E-state index contributed by atoms with van der Waals surface area (Å²) >= 11 is 1.47. The number of fused-ring (bicyclic) bond motifs is 1. The van der Waals surface area contributed by atoms with Crippen molar-refractivity contribution in [3.05, 3.63) is 30.1 Å². The summed E-state index contributed by atoms with van der Waals surface area (Å²) in [5.41, 5.74) is 3.67. The zero-order valence-electron chi connectivity index (χ0n) is 18.4. The Labute approximate surface area is 191 Å². The first-order valence-electron chi connectivity index (χ1n) is 10.4. The molecule has 0 aliphatic heterocycles. The summed E-state index contributed by atoms with van der Waals surface area (Å²) in [4.78, 5) is 24.9. The van der Waals surface area contributed by atoms with E-state index in [9.17, 15) is 13.2 Å². The lowest BCUT2D eigenvalue weighted by Crippen LogP contribution is -2.34. The van der Waals surface area contributed by atoms with Gasteiger partial charge in [0.1, 0.15) is 0 Å². The van der Waals surface area contributed by atoms with Crippen molar-refractivity contribution in [2.24, 2.45) is 0 Å². The molecule has 0 bridgehead atoms. The van der Waals surface area contributed by atoms with Gasteiger partial charge in [-0.05, 0) is 69.7 Å². The number of carbonyl (C=O) groups is 1. The smallest absolute Gasteiger partial charge is 0.321 e. The van der Waals surface area contributed by atoms with Gasteiger partial charge in [-0.15, -0.1) is 0 Å². The summed E-state index contributed by atoms with van der Waals surface area (Å²) in [6, 6.07) is 3.78. The number of amides is 2. The van der Waals surface area contributed by atoms with Gasteiger partial charge in [-0.25, -0.2) is 28.2 Å². The van der Waals surface area contributed by atoms with Gasteiger partial charge in [-0.3, -0.25) is 10.0 Å². The Bertz CT molecular complexity index is 1260. The molecule has 0 saturated heterocycles. The first-order valence-corrected chi connectivity index (χ1v) is 12.7. The van der Waals surface area contributed by atoms with Crippen LogP contribution in [0.15, 0.2) is 24.5 Å². The van der Waals surface area contributed by atoms with E-state index in [1.807, 2.05) is 13.0 Å². The lowest BCUT2D eigenvalue weighted by molar-refractivity contribution is 0.252. The van der Waals surface area contributed by atoms with Crippen LogP contribution in [0.25, 0.3) is 21.3 Å². The second-order valence-corrected chi connectivity index (χ2v) is 12.1. The van der Waals surface area contributed by atoms with Crippen molar-refractivity contribution in [3.8, 4) is 11.1 Å². The van der Waals surface area contributed by atoms with Crippen molar-refractivity contribution in [2.45, 2.75) is 51.2 Å². The van der Waals surface area contributed by atoms with Gasteiger partial charge in [0.15, 0.2) is 5.13 Å². The minimum absolute atomic E-state index is 0.0363. The van der Waals surface area contributed by atoms with E-state index >= 15 is 0 Å². The molecule has 32 heavy (non-hydrogen) atoms. The van der Waals surface area contributed by atoms with Crippen LogP contribution in [-0.2, 0) is 10.0 Å². The summed E-state index contributed by atoms with van der Waals surface area (Å²) in [6.45, 7) is 7.23. The molecule has 4 rings (SSSR count). The third kappa shape index (κ3) is 4.68. The molecule has 170 valence electrons. The van der Waals surface area contributed by atoms with Gasteiger partial charge in [-0.2, -0.15) is 0 Å². The number of carbonyl (C=O) groups excluding carboxylic acids is 1. The van der Waals surface area contributed by atoms with Crippen LogP contribution in [0.5, 0.6) is 0 Å². The molecule has 9 nitrogen and oxygen atoms in total. The highest BCUT2D eigenvalue weighted by atomic mass is 32.2. The number of nitrogens with one attached hydrogen (secondary N) is 3. The summed E-state index contributed by atoms with van der Waals surface area (Å²) in [5.74, 6) is 0.517. The van der Waals surface area contributed by atoms with Crippen molar-refractivity contribution in [1.29, 1.82) is 0 Å². The largest absolute Gasteiger partial charge is 0.338 e. The van der Waals surface area contributed by atoms with Gasteiger partial charge in [-0.1, -0.05) is 11.3 Å². The van der Waals surface area contributed by atoms with Crippen molar-refractivity contribution in [1.82, 2.24) is 20.3 Å². The lowest BCUT2D eigenvalue weighted by atomic mass is 10.0. The Kier molecular flexibility index (Phi) is 5.80. The maximum Gasteiger partial charge on any atom is 0.321 e. The van der Waals surface area contributed by atoms with Gasteiger partial charge < -0.3 is 5.32 Å². The molecule has 0 atom stereocenters. The minimum Gasteiger partial charge on any atom is -0.338 e. The fraction of sp³-hybridized carbons (Fsp3) is 0.429. The highest BCUT2D eigenvalue weighted by molar-refractivity contribution is 7.94. The Morgan fingerprint density at radius 1 is 1.16 bits per heavy atom. The van der Waals surface area contributed by atoms with E-state index in [2.05, 4.69) is 36.4 Å². The lowest BCUT2D eigenvalue weighted by Gasteiger charge is -2.19. The number of benzene rings is 1. The first kappa shape index (κ1) is 22.4. The van der Waals surface area contributed by atoms with Gasteiger partial charge in [0.05, 0.1) is 15.0 Å². The number of sulfonamides is 1. The Morgan fingerprint density at radius 2 is 1.84 bits per heavy atom. The number of hydrogen-bond donors (Lipinski definition) is 3. The number of hydrogen-bond acceptors (Lipinski definition) is 7. The van der Waals surface area contributed by atoms with E-state index in [0.29, 0.717) is 17.6 Å². The maximum absolute atomic E-state index is 12.3. The second-order valence-electron chi connectivity index (χ2n) is 8.70. The molecule has 1 fully saturated rings. The Morgan fingerprint density at radius 3 is 2.44 bits per heavy atom. The van der Waals surface area contributed by atoms with E-state index < -0.39 is 14.8 Å². The molecule has 3 aromatic rings.